The zero-order valence-corrected chi connectivity index (χ0v) is 15.5. The monoisotopic (exact) mass is 386 g/mol. The summed E-state index contributed by atoms with van der Waals surface area (Å²) in [6.45, 7) is 0. The molecule has 0 radical (unpaired) electrons. The van der Waals surface area contributed by atoms with Gasteiger partial charge in [0.1, 0.15) is 5.75 Å². The topological polar surface area (TPSA) is 59.5 Å². The van der Waals surface area contributed by atoms with Crippen molar-refractivity contribution in [1.29, 1.82) is 0 Å². The molecule has 0 N–H and O–H groups in total. The van der Waals surface area contributed by atoms with E-state index in [0.717, 1.165) is 15.8 Å². The summed E-state index contributed by atoms with van der Waals surface area (Å²) in [5.74, 6) is -0.0615. The van der Waals surface area contributed by atoms with E-state index in [9.17, 15) is 9.59 Å². The molecular formula is C19H15ClN2O3S. The number of carbonyl (C=O) groups excluding carboxylic acids is 2. The maximum absolute atomic E-state index is 12.8. The average molecular weight is 387 g/mol. The van der Waals surface area contributed by atoms with E-state index < -0.39 is 0 Å². The van der Waals surface area contributed by atoms with Crippen molar-refractivity contribution in [3.05, 3.63) is 53.1 Å². The molecule has 26 heavy (non-hydrogen) atoms. The highest BCUT2D eigenvalue weighted by Crippen LogP contribution is 2.35. The minimum Gasteiger partial charge on any atom is -0.497 e. The lowest BCUT2D eigenvalue weighted by Crippen LogP contribution is -2.30. The first-order valence-electron chi connectivity index (χ1n) is 8.11. The summed E-state index contributed by atoms with van der Waals surface area (Å²) >= 11 is 7.22. The molecule has 1 saturated heterocycles. The zero-order chi connectivity index (χ0) is 18.3. The van der Waals surface area contributed by atoms with E-state index in [1.54, 1.807) is 19.2 Å². The lowest BCUT2D eigenvalue weighted by Gasteiger charge is -2.11. The standard InChI is InChI=1S/C19H15ClN2O3S/c1-25-14-6-7-15-16(10-14)26-19(21-15)22-17(23)9-12(18(22)24)8-11-2-4-13(20)5-3-11/h2-7,10,12H,8-9H2,1H3/t12-/m0/s1. The summed E-state index contributed by atoms with van der Waals surface area (Å²) in [4.78, 5) is 30.9. The number of rotatable bonds is 4. The molecule has 2 aromatic carbocycles. The number of fused-ring (bicyclic) bond motifs is 1. The summed E-state index contributed by atoms with van der Waals surface area (Å²) in [7, 11) is 1.60. The van der Waals surface area contributed by atoms with Gasteiger partial charge in [-0.3, -0.25) is 9.59 Å². The van der Waals surface area contributed by atoms with E-state index in [0.29, 0.717) is 22.3 Å². The van der Waals surface area contributed by atoms with Crippen LogP contribution in [0.2, 0.25) is 5.02 Å². The van der Waals surface area contributed by atoms with Gasteiger partial charge in [0.05, 0.1) is 23.2 Å². The first-order chi connectivity index (χ1) is 12.5. The van der Waals surface area contributed by atoms with Crippen molar-refractivity contribution >= 4 is 50.1 Å². The Morgan fingerprint density at radius 1 is 1.23 bits per heavy atom. The number of ether oxygens (including phenoxy) is 1. The van der Waals surface area contributed by atoms with Gasteiger partial charge in [0, 0.05) is 11.4 Å². The van der Waals surface area contributed by atoms with E-state index in [1.165, 1.54) is 16.2 Å². The number of thiazole rings is 1. The Balaban J connectivity index is 1.59. The third kappa shape index (κ3) is 3.06. The Hall–Kier alpha value is -2.44. The lowest BCUT2D eigenvalue weighted by molar-refractivity contribution is -0.122. The fourth-order valence-corrected chi connectivity index (χ4v) is 4.22. The maximum atomic E-state index is 12.8. The molecule has 132 valence electrons. The molecule has 0 spiro atoms. The van der Waals surface area contributed by atoms with Gasteiger partial charge in [-0.25, -0.2) is 9.88 Å². The Kier molecular flexibility index (Phi) is 4.38. The van der Waals surface area contributed by atoms with Gasteiger partial charge in [-0.05, 0) is 42.3 Å². The van der Waals surface area contributed by atoms with Gasteiger partial charge < -0.3 is 4.74 Å². The number of imide groups is 1. The SMILES string of the molecule is COc1ccc2nc(N3C(=O)C[C@H](Cc4ccc(Cl)cc4)C3=O)sc2c1. The number of hydrogen-bond acceptors (Lipinski definition) is 5. The lowest BCUT2D eigenvalue weighted by atomic mass is 9.98. The largest absolute Gasteiger partial charge is 0.497 e. The van der Waals surface area contributed by atoms with Gasteiger partial charge in [0.25, 0.3) is 0 Å². The van der Waals surface area contributed by atoms with Crippen LogP contribution in [0.25, 0.3) is 10.2 Å². The van der Waals surface area contributed by atoms with Crippen LogP contribution in [0.15, 0.2) is 42.5 Å². The van der Waals surface area contributed by atoms with Crippen LogP contribution in [-0.4, -0.2) is 23.9 Å². The molecule has 1 aliphatic heterocycles. The van der Waals surface area contributed by atoms with Crippen LogP contribution in [0.4, 0.5) is 5.13 Å². The molecule has 0 bridgehead atoms. The highest BCUT2D eigenvalue weighted by molar-refractivity contribution is 7.22. The van der Waals surface area contributed by atoms with Crippen LogP contribution in [0, 0.1) is 5.92 Å². The summed E-state index contributed by atoms with van der Waals surface area (Å²) < 4.78 is 6.09. The second kappa shape index (κ2) is 6.70. The molecular weight excluding hydrogens is 372 g/mol. The van der Waals surface area contributed by atoms with Crippen LogP contribution in [-0.2, 0) is 16.0 Å². The van der Waals surface area contributed by atoms with Crippen molar-refractivity contribution in [1.82, 2.24) is 4.98 Å². The van der Waals surface area contributed by atoms with E-state index >= 15 is 0 Å². The summed E-state index contributed by atoms with van der Waals surface area (Å²) in [5, 5.41) is 1.07. The maximum Gasteiger partial charge on any atom is 0.239 e. The van der Waals surface area contributed by atoms with Crippen molar-refractivity contribution in [2.45, 2.75) is 12.8 Å². The first kappa shape index (κ1) is 17.0. The van der Waals surface area contributed by atoms with Crippen molar-refractivity contribution in [3.63, 3.8) is 0 Å². The van der Waals surface area contributed by atoms with Crippen LogP contribution < -0.4 is 9.64 Å². The third-order valence-corrected chi connectivity index (χ3v) is 5.67. The van der Waals surface area contributed by atoms with Gasteiger partial charge in [-0.1, -0.05) is 35.1 Å². The number of carbonyl (C=O) groups is 2. The van der Waals surface area contributed by atoms with Crippen LogP contribution in [0.3, 0.4) is 0 Å². The molecule has 4 rings (SSSR count). The second-order valence-electron chi connectivity index (χ2n) is 6.13. The van der Waals surface area contributed by atoms with Gasteiger partial charge in [-0.2, -0.15) is 0 Å². The molecule has 0 unspecified atom stereocenters. The predicted octanol–water partition coefficient (Wildman–Crippen LogP) is 4.08. The Morgan fingerprint density at radius 2 is 2.00 bits per heavy atom. The molecule has 2 heterocycles. The quantitative estimate of drug-likeness (QED) is 0.634. The van der Waals surface area contributed by atoms with Crippen LogP contribution >= 0.6 is 22.9 Å². The molecule has 2 amide bonds. The Bertz CT molecular complexity index is 1000. The summed E-state index contributed by atoms with van der Waals surface area (Å²) in [6.07, 6.45) is 0.706. The summed E-state index contributed by atoms with van der Waals surface area (Å²) in [6, 6.07) is 12.8. The number of methoxy groups -OCH3 is 1. The highest BCUT2D eigenvalue weighted by atomic mass is 35.5. The summed E-state index contributed by atoms with van der Waals surface area (Å²) in [5.41, 5.74) is 1.73. The van der Waals surface area contributed by atoms with Crippen molar-refractivity contribution in [3.8, 4) is 5.75 Å². The Morgan fingerprint density at radius 3 is 2.73 bits per heavy atom. The fraction of sp³-hybridized carbons (Fsp3) is 0.211. The van der Waals surface area contributed by atoms with Crippen molar-refractivity contribution in [2.75, 3.05) is 12.0 Å². The number of nitrogens with zero attached hydrogens (tertiary/aromatic N) is 2. The first-order valence-corrected chi connectivity index (χ1v) is 9.30. The zero-order valence-electron chi connectivity index (χ0n) is 13.9. The minimum absolute atomic E-state index is 0.195. The van der Waals surface area contributed by atoms with E-state index in [-0.39, 0.29) is 24.2 Å². The number of anilines is 1. The van der Waals surface area contributed by atoms with Crippen LogP contribution in [0.1, 0.15) is 12.0 Å². The van der Waals surface area contributed by atoms with Gasteiger partial charge in [0.15, 0.2) is 5.13 Å². The minimum atomic E-state index is -0.370. The van der Waals surface area contributed by atoms with Gasteiger partial charge in [0.2, 0.25) is 11.8 Å². The number of halogens is 1. The molecule has 0 aliphatic carbocycles. The second-order valence-corrected chi connectivity index (χ2v) is 7.57. The van der Waals surface area contributed by atoms with E-state index in [2.05, 4.69) is 4.98 Å². The normalized spacial score (nSPS) is 17.3. The third-order valence-electron chi connectivity index (χ3n) is 4.41. The highest BCUT2D eigenvalue weighted by Gasteiger charge is 2.40. The molecule has 3 aromatic rings. The number of hydrogen-bond donors (Lipinski definition) is 0. The molecule has 0 saturated carbocycles. The smallest absolute Gasteiger partial charge is 0.239 e. The molecule has 1 fully saturated rings. The van der Waals surface area contributed by atoms with Crippen molar-refractivity contribution in [2.24, 2.45) is 5.92 Å². The number of benzene rings is 2. The Labute approximate surface area is 159 Å². The predicted molar refractivity (Wildman–Crippen MR) is 102 cm³/mol. The molecule has 7 heteroatoms. The van der Waals surface area contributed by atoms with Gasteiger partial charge in [-0.15, -0.1) is 0 Å². The van der Waals surface area contributed by atoms with Crippen LogP contribution in [0.5, 0.6) is 5.75 Å². The molecule has 5 nitrogen and oxygen atoms in total. The molecule has 1 atom stereocenters. The van der Waals surface area contributed by atoms with Crippen molar-refractivity contribution < 1.29 is 14.3 Å². The molecule has 1 aliphatic rings. The molecule has 1 aromatic heterocycles. The number of amides is 2. The number of aromatic nitrogens is 1. The van der Waals surface area contributed by atoms with E-state index in [4.69, 9.17) is 16.3 Å². The fourth-order valence-electron chi connectivity index (χ4n) is 3.08. The average Bonchev–Trinajstić information content (AvgIpc) is 3.16. The van der Waals surface area contributed by atoms with Gasteiger partial charge >= 0.3 is 0 Å². The van der Waals surface area contributed by atoms with E-state index in [1.807, 2.05) is 30.3 Å².